The lowest BCUT2D eigenvalue weighted by Gasteiger charge is -2.20. The van der Waals surface area contributed by atoms with Gasteiger partial charge in [-0.25, -0.2) is 0 Å². The van der Waals surface area contributed by atoms with Crippen molar-refractivity contribution < 1.29 is 9.72 Å². The van der Waals surface area contributed by atoms with E-state index < -0.39 is 4.92 Å². The Morgan fingerprint density at radius 2 is 2.15 bits per heavy atom. The number of nitrogens with zero attached hydrogens (tertiary/aromatic N) is 2. The number of hydrogen-bond donors (Lipinski definition) is 1. The summed E-state index contributed by atoms with van der Waals surface area (Å²) in [7, 11) is 1.97. The van der Waals surface area contributed by atoms with Crippen molar-refractivity contribution in [2.24, 2.45) is 0 Å². The first-order valence-electron chi connectivity index (χ1n) is 6.25. The number of amides is 1. The zero-order valence-electron chi connectivity index (χ0n) is 11.7. The van der Waals surface area contributed by atoms with Crippen molar-refractivity contribution in [3.8, 4) is 0 Å². The summed E-state index contributed by atoms with van der Waals surface area (Å²) in [4.78, 5) is 24.0. The average Bonchev–Trinajstić information content (AvgIpc) is 2.37. The van der Waals surface area contributed by atoms with Crippen molar-refractivity contribution in [2.45, 2.75) is 19.9 Å². The highest BCUT2D eigenvalue weighted by Crippen LogP contribution is 2.22. The molecular weight excluding hydrogens is 282 g/mol. The first-order valence-corrected chi connectivity index (χ1v) is 6.63. The van der Waals surface area contributed by atoms with Gasteiger partial charge in [0.2, 0.25) is 0 Å². The molecular formula is C13H18ClN3O3. The molecule has 0 aliphatic heterocycles. The minimum atomic E-state index is -0.550. The van der Waals surface area contributed by atoms with Crippen LogP contribution in [-0.4, -0.2) is 41.9 Å². The summed E-state index contributed by atoms with van der Waals surface area (Å²) in [5, 5.41) is 13.4. The van der Waals surface area contributed by atoms with E-state index in [0.29, 0.717) is 19.1 Å². The third-order valence-corrected chi connectivity index (χ3v) is 3.35. The predicted octanol–water partition coefficient (Wildman–Crippen LogP) is 2.32. The zero-order chi connectivity index (χ0) is 15.3. The Balaban J connectivity index is 2.62. The monoisotopic (exact) mass is 299 g/mol. The van der Waals surface area contributed by atoms with E-state index >= 15 is 0 Å². The number of nitro benzene ring substituents is 1. The summed E-state index contributed by atoms with van der Waals surface area (Å²) >= 11 is 5.88. The lowest BCUT2D eigenvalue weighted by atomic mass is 10.2. The molecule has 0 bridgehead atoms. The van der Waals surface area contributed by atoms with E-state index in [-0.39, 0.29) is 22.2 Å². The Kier molecular flexibility index (Phi) is 5.91. The van der Waals surface area contributed by atoms with Gasteiger partial charge in [0.25, 0.3) is 11.6 Å². The summed E-state index contributed by atoms with van der Waals surface area (Å²) in [5.41, 5.74) is 0.107. The molecule has 1 aromatic carbocycles. The van der Waals surface area contributed by atoms with E-state index in [2.05, 4.69) is 24.1 Å². The lowest BCUT2D eigenvalue weighted by Crippen LogP contribution is -2.36. The van der Waals surface area contributed by atoms with Crippen LogP contribution in [0.1, 0.15) is 24.2 Å². The number of benzene rings is 1. The van der Waals surface area contributed by atoms with Crippen molar-refractivity contribution in [1.29, 1.82) is 0 Å². The summed E-state index contributed by atoms with van der Waals surface area (Å²) in [6.07, 6.45) is 0. The molecule has 110 valence electrons. The first-order chi connectivity index (χ1) is 9.32. The van der Waals surface area contributed by atoms with Crippen molar-refractivity contribution >= 4 is 23.2 Å². The molecule has 20 heavy (non-hydrogen) atoms. The molecule has 0 aromatic heterocycles. The molecule has 0 unspecified atom stereocenters. The van der Waals surface area contributed by atoms with Crippen molar-refractivity contribution in [3.63, 3.8) is 0 Å². The molecule has 0 atom stereocenters. The number of nitrogens with one attached hydrogen (secondary N) is 1. The summed E-state index contributed by atoms with van der Waals surface area (Å²) in [6, 6.07) is 4.20. The molecule has 1 N–H and O–H groups in total. The number of likely N-dealkylation sites (N-methyl/N-ethyl adjacent to an activating group) is 1. The van der Waals surface area contributed by atoms with E-state index in [1.165, 1.54) is 18.2 Å². The molecule has 0 saturated heterocycles. The van der Waals surface area contributed by atoms with Gasteiger partial charge in [-0.05, 0) is 27.0 Å². The van der Waals surface area contributed by atoms with Gasteiger partial charge in [0.1, 0.15) is 0 Å². The Bertz CT molecular complexity index is 506. The second-order valence-corrected chi connectivity index (χ2v) is 5.16. The molecule has 0 radical (unpaired) electrons. The van der Waals surface area contributed by atoms with Crippen LogP contribution in [0.25, 0.3) is 0 Å². The van der Waals surface area contributed by atoms with E-state index in [4.69, 9.17) is 11.6 Å². The van der Waals surface area contributed by atoms with Gasteiger partial charge in [-0.3, -0.25) is 14.9 Å². The molecule has 0 aliphatic carbocycles. The van der Waals surface area contributed by atoms with E-state index in [1.54, 1.807) is 0 Å². The van der Waals surface area contributed by atoms with Gasteiger partial charge < -0.3 is 10.2 Å². The average molecular weight is 300 g/mol. The highest BCUT2D eigenvalue weighted by Gasteiger charge is 2.14. The standard InChI is InChI=1S/C13H18ClN3O3/c1-9(2)16(3)7-6-15-13(18)11-5-4-10(17(19)20)8-12(11)14/h4-5,8-9H,6-7H2,1-3H3,(H,15,18). The molecule has 1 rings (SSSR count). The number of rotatable bonds is 6. The van der Waals surface area contributed by atoms with Crippen LogP contribution in [0.15, 0.2) is 18.2 Å². The van der Waals surface area contributed by atoms with Gasteiger partial charge in [-0.15, -0.1) is 0 Å². The van der Waals surface area contributed by atoms with Crippen LogP contribution in [0, 0.1) is 10.1 Å². The van der Waals surface area contributed by atoms with Crippen LogP contribution in [0.4, 0.5) is 5.69 Å². The molecule has 6 nitrogen and oxygen atoms in total. The number of non-ortho nitro benzene ring substituents is 1. The Morgan fingerprint density at radius 1 is 1.50 bits per heavy atom. The molecule has 0 heterocycles. The van der Waals surface area contributed by atoms with Crippen molar-refractivity contribution in [2.75, 3.05) is 20.1 Å². The lowest BCUT2D eigenvalue weighted by molar-refractivity contribution is -0.384. The van der Waals surface area contributed by atoms with Gasteiger partial charge in [0, 0.05) is 31.3 Å². The topological polar surface area (TPSA) is 75.5 Å². The number of carbonyl (C=O) groups excluding carboxylic acids is 1. The fourth-order valence-corrected chi connectivity index (χ4v) is 1.76. The van der Waals surface area contributed by atoms with Crippen LogP contribution in [0.2, 0.25) is 5.02 Å². The largest absolute Gasteiger partial charge is 0.351 e. The highest BCUT2D eigenvalue weighted by molar-refractivity contribution is 6.34. The highest BCUT2D eigenvalue weighted by atomic mass is 35.5. The number of carbonyl (C=O) groups is 1. The van der Waals surface area contributed by atoms with Crippen LogP contribution < -0.4 is 5.32 Å². The minimum Gasteiger partial charge on any atom is -0.351 e. The maximum absolute atomic E-state index is 11.9. The zero-order valence-corrected chi connectivity index (χ0v) is 12.5. The normalized spacial score (nSPS) is 10.9. The molecule has 1 aromatic rings. The van der Waals surface area contributed by atoms with E-state index in [0.717, 1.165) is 0 Å². The first kappa shape index (κ1) is 16.4. The van der Waals surface area contributed by atoms with Crippen LogP contribution in [-0.2, 0) is 0 Å². The van der Waals surface area contributed by atoms with Gasteiger partial charge in [-0.1, -0.05) is 11.6 Å². The Morgan fingerprint density at radius 3 is 2.65 bits per heavy atom. The molecule has 0 saturated carbocycles. The maximum Gasteiger partial charge on any atom is 0.270 e. The molecule has 1 amide bonds. The Labute approximate surface area is 122 Å². The molecule has 0 fully saturated rings. The molecule has 0 aliphatic rings. The quantitative estimate of drug-likeness (QED) is 0.646. The van der Waals surface area contributed by atoms with Crippen molar-refractivity contribution in [3.05, 3.63) is 38.9 Å². The minimum absolute atomic E-state index is 0.0777. The second-order valence-electron chi connectivity index (χ2n) is 4.75. The van der Waals surface area contributed by atoms with Crippen LogP contribution in [0.3, 0.4) is 0 Å². The number of nitro groups is 1. The van der Waals surface area contributed by atoms with E-state index in [9.17, 15) is 14.9 Å². The third kappa shape index (κ3) is 4.47. The summed E-state index contributed by atoms with van der Waals surface area (Å²) in [5.74, 6) is -0.331. The smallest absolute Gasteiger partial charge is 0.270 e. The molecule has 0 spiro atoms. The SMILES string of the molecule is CC(C)N(C)CCNC(=O)c1ccc([N+](=O)[O-])cc1Cl. The maximum atomic E-state index is 11.9. The van der Waals surface area contributed by atoms with Gasteiger partial charge in [-0.2, -0.15) is 0 Å². The van der Waals surface area contributed by atoms with E-state index in [1.807, 2.05) is 7.05 Å². The van der Waals surface area contributed by atoms with Crippen LogP contribution in [0.5, 0.6) is 0 Å². The summed E-state index contributed by atoms with van der Waals surface area (Å²) in [6.45, 7) is 5.33. The fourth-order valence-electron chi connectivity index (χ4n) is 1.50. The van der Waals surface area contributed by atoms with Gasteiger partial charge >= 0.3 is 0 Å². The summed E-state index contributed by atoms with van der Waals surface area (Å²) < 4.78 is 0. The van der Waals surface area contributed by atoms with Crippen molar-refractivity contribution in [1.82, 2.24) is 10.2 Å². The molecule has 7 heteroatoms. The number of hydrogen-bond acceptors (Lipinski definition) is 4. The second kappa shape index (κ2) is 7.21. The number of halogens is 1. The van der Waals surface area contributed by atoms with Gasteiger partial charge in [0.05, 0.1) is 15.5 Å². The van der Waals surface area contributed by atoms with Crippen LogP contribution >= 0.6 is 11.6 Å². The fraction of sp³-hybridized carbons (Fsp3) is 0.462. The predicted molar refractivity (Wildman–Crippen MR) is 78.2 cm³/mol. The Hall–Kier alpha value is -1.66. The third-order valence-electron chi connectivity index (χ3n) is 3.04. The van der Waals surface area contributed by atoms with Gasteiger partial charge in [0.15, 0.2) is 0 Å².